The minimum absolute atomic E-state index is 0.00124. The Labute approximate surface area is 139 Å². The lowest BCUT2D eigenvalue weighted by molar-refractivity contribution is -0.0111. The van der Waals surface area contributed by atoms with E-state index in [1.54, 1.807) is 5.51 Å². The largest absolute Gasteiger partial charge is 0.394 e. The first kappa shape index (κ1) is 16.1. The van der Waals surface area contributed by atoms with Gasteiger partial charge in [0.25, 0.3) is 5.91 Å². The van der Waals surface area contributed by atoms with Crippen molar-refractivity contribution in [2.75, 3.05) is 26.3 Å². The Balaban J connectivity index is 1.75. The molecule has 1 aromatic heterocycles. The fourth-order valence-electron chi connectivity index (χ4n) is 2.82. The predicted octanol–water partition coefficient (Wildman–Crippen LogP) is 2.42. The van der Waals surface area contributed by atoms with Crippen LogP contribution in [0.5, 0.6) is 0 Å². The Morgan fingerprint density at radius 3 is 3.00 bits per heavy atom. The number of piperidine rings is 1. The van der Waals surface area contributed by atoms with E-state index in [1.807, 2.05) is 35.2 Å². The minimum Gasteiger partial charge on any atom is -0.394 e. The number of nitrogens with zero attached hydrogens (tertiary/aromatic N) is 2. The fourth-order valence-corrected chi connectivity index (χ4v) is 3.61. The Bertz CT molecular complexity index is 644. The molecule has 0 bridgehead atoms. The number of hydrogen-bond acceptors (Lipinski definition) is 5. The monoisotopic (exact) mass is 332 g/mol. The van der Waals surface area contributed by atoms with Crippen LogP contribution in [0.4, 0.5) is 0 Å². The SMILES string of the molecule is O=C(c1ncsc1-c1ccccc1)N1CCCC(OCCO)C1. The summed E-state index contributed by atoms with van der Waals surface area (Å²) in [5.74, 6) is -0.0394. The van der Waals surface area contributed by atoms with Crippen LogP contribution in [0.3, 0.4) is 0 Å². The molecule has 1 saturated heterocycles. The molecule has 1 amide bonds. The lowest BCUT2D eigenvalue weighted by atomic mass is 10.1. The van der Waals surface area contributed by atoms with Gasteiger partial charge in [-0.1, -0.05) is 30.3 Å². The molecule has 6 heteroatoms. The molecular formula is C17H20N2O3S. The molecule has 0 saturated carbocycles. The molecule has 1 N–H and O–H groups in total. The van der Waals surface area contributed by atoms with Gasteiger partial charge in [0.05, 0.1) is 29.7 Å². The quantitative estimate of drug-likeness (QED) is 0.913. The summed E-state index contributed by atoms with van der Waals surface area (Å²) in [5.41, 5.74) is 3.26. The molecule has 0 radical (unpaired) electrons. The molecule has 2 aromatic rings. The molecule has 23 heavy (non-hydrogen) atoms. The summed E-state index contributed by atoms with van der Waals surface area (Å²) >= 11 is 1.49. The summed E-state index contributed by atoms with van der Waals surface area (Å²) in [6.07, 6.45) is 1.83. The van der Waals surface area contributed by atoms with E-state index in [0.29, 0.717) is 18.8 Å². The van der Waals surface area contributed by atoms with Crippen molar-refractivity contribution >= 4 is 17.2 Å². The summed E-state index contributed by atoms with van der Waals surface area (Å²) in [7, 11) is 0. The van der Waals surface area contributed by atoms with Gasteiger partial charge in [-0.05, 0) is 18.4 Å². The van der Waals surface area contributed by atoms with Gasteiger partial charge < -0.3 is 14.7 Å². The van der Waals surface area contributed by atoms with E-state index < -0.39 is 0 Å². The number of likely N-dealkylation sites (tertiary alicyclic amines) is 1. The molecule has 122 valence electrons. The number of ether oxygens (including phenoxy) is 1. The number of hydrogen-bond donors (Lipinski definition) is 1. The Morgan fingerprint density at radius 1 is 1.39 bits per heavy atom. The summed E-state index contributed by atoms with van der Waals surface area (Å²) in [5, 5.41) is 8.87. The van der Waals surface area contributed by atoms with E-state index >= 15 is 0 Å². The Hall–Kier alpha value is -1.76. The summed E-state index contributed by atoms with van der Waals surface area (Å²) in [6.45, 7) is 1.61. The van der Waals surface area contributed by atoms with Crippen LogP contribution in [-0.4, -0.2) is 53.3 Å². The number of carbonyl (C=O) groups is 1. The first-order valence-corrected chi connectivity index (χ1v) is 8.68. The van der Waals surface area contributed by atoms with Gasteiger partial charge in [-0.15, -0.1) is 11.3 Å². The van der Waals surface area contributed by atoms with Gasteiger partial charge in [0.2, 0.25) is 0 Å². The van der Waals surface area contributed by atoms with Crippen molar-refractivity contribution in [3.05, 3.63) is 41.5 Å². The van der Waals surface area contributed by atoms with E-state index in [0.717, 1.165) is 29.8 Å². The topological polar surface area (TPSA) is 62.7 Å². The molecule has 1 unspecified atom stereocenters. The van der Waals surface area contributed by atoms with Crippen molar-refractivity contribution in [2.24, 2.45) is 0 Å². The van der Waals surface area contributed by atoms with Crippen LogP contribution in [0.25, 0.3) is 10.4 Å². The van der Waals surface area contributed by atoms with Crippen LogP contribution < -0.4 is 0 Å². The van der Waals surface area contributed by atoms with E-state index in [4.69, 9.17) is 9.84 Å². The number of aromatic nitrogens is 1. The second-order valence-corrected chi connectivity index (χ2v) is 6.36. The lowest BCUT2D eigenvalue weighted by Gasteiger charge is -2.32. The number of thiazole rings is 1. The van der Waals surface area contributed by atoms with Crippen molar-refractivity contribution in [3.63, 3.8) is 0 Å². The number of aliphatic hydroxyl groups is 1. The summed E-state index contributed by atoms with van der Waals surface area (Å²) in [6, 6.07) is 9.87. The molecule has 5 nitrogen and oxygen atoms in total. The van der Waals surface area contributed by atoms with Gasteiger partial charge in [0, 0.05) is 13.1 Å². The Kier molecular flexibility index (Phi) is 5.38. The van der Waals surface area contributed by atoms with Crippen LogP contribution in [0.2, 0.25) is 0 Å². The lowest BCUT2D eigenvalue weighted by Crippen LogP contribution is -2.43. The van der Waals surface area contributed by atoms with Crippen molar-refractivity contribution in [3.8, 4) is 10.4 Å². The normalized spacial score (nSPS) is 18.1. The number of rotatable bonds is 5. The molecule has 1 atom stereocenters. The zero-order chi connectivity index (χ0) is 16.1. The number of amides is 1. The van der Waals surface area contributed by atoms with Gasteiger partial charge in [0.15, 0.2) is 0 Å². The van der Waals surface area contributed by atoms with Gasteiger partial charge in [0.1, 0.15) is 5.69 Å². The first-order valence-electron chi connectivity index (χ1n) is 7.80. The zero-order valence-electron chi connectivity index (χ0n) is 12.9. The number of benzene rings is 1. The van der Waals surface area contributed by atoms with E-state index in [9.17, 15) is 4.79 Å². The van der Waals surface area contributed by atoms with Crippen molar-refractivity contribution in [2.45, 2.75) is 18.9 Å². The van der Waals surface area contributed by atoms with Gasteiger partial charge in [-0.2, -0.15) is 0 Å². The van der Waals surface area contributed by atoms with Crippen LogP contribution in [0.1, 0.15) is 23.3 Å². The first-order chi connectivity index (χ1) is 11.3. The van der Waals surface area contributed by atoms with Gasteiger partial charge in [-0.25, -0.2) is 4.98 Å². The Morgan fingerprint density at radius 2 is 2.22 bits per heavy atom. The molecular weight excluding hydrogens is 312 g/mol. The highest BCUT2D eigenvalue weighted by atomic mass is 32.1. The highest BCUT2D eigenvalue weighted by molar-refractivity contribution is 7.13. The molecule has 0 spiro atoms. The maximum atomic E-state index is 12.8. The average Bonchev–Trinajstić information content (AvgIpc) is 3.10. The molecule has 1 aromatic carbocycles. The third kappa shape index (κ3) is 3.77. The average molecular weight is 332 g/mol. The summed E-state index contributed by atoms with van der Waals surface area (Å²) < 4.78 is 5.58. The molecule has 1 fully saturated rings. The number of carbonyl (C=O) groups excluding carboxylic acids is 1. The molecule has 2 heterocycles. The maximum absolute atomic E-state index is 12.8. The van der Waals surface area contributed by atoms with Crippen molar-refractivity contribution in [1.82, 2.24) is 9.88 Å². The van der Waals surface area contributed by atoms with E-state index in [-0.39, 0.29) is 18.6 Å². The van der Waals surface area contributed by atoms with Crippen LogP contribution in [0.15, 0.2) is 35.8 Å². The molecule has 1 aliphatic heterocycles. The molecule has 1 aliphatic rings. The second kappa shape index (κ2) is 7.68. The van der Waals surface area contributed by atoms with E-state index in [1.165, 1.54) is 11.3 Å². The highest BCUT2D eigenvalue weighted by Crippen LogP contribution is 2.29. The minimum atomic E-state index is -0.0394. The predicted molar refractivity (Wildman–Crippen MR) is 89.5 cm³/mol. The number of aliphatic hydroxyl groups excluding tert-OH is 1. The molecule has 3 rings (SSSR count). The van der Waals surface area contributed by atoms with Crippen LogP contribution in [-0.2, 0) is 4.74 Å². The summed E-state index contributed by atoms with van der Waals surface area (Å²) in [4.78, 5) is 19.9. The van der Waals surface area contributed by atoms with Crippen LogP contribution in [0, 0.1) is 0 Å². The maximum Gasteiger partial charge on any atom is 0.274 e. The third-order valence-corrected chi connectivity index (χ3v) is 4.79. The molecule has 0 aliphatic carbocycles. The zero-order valence-corrected chi connectivity index (χ0v) is 13.7. The second-order valence-electron chi connectivity index (χ2n) is 5.51. The van der Waals surface area contributed by atoms with Crippen molar-refractivity contribution < 1.29 is 14.6 Å². The van der Waals surface area contributed by atoms with Crippen molar-refractivity contribution in [1.29, 1.82) is 0 Å². The fraction of sp³-hybridized carbons (Fsp3) is 0.412. The van der Waals surface area contributed by atoms with Crippen LogP contribution >= 0.6 is 11.3 Å². The van der Waals surface area contributed by atoms with E-state index in [2.05, 4.69) is 4.98 Å². The smallest absolute Gasteiger partial charge is 0.274 e. The van der Waals surface area contributed by atoms with Gasteiger partial charge in [-0.3, -0.25) is 4.79 Å². The third-order valence-electron chi connectivity index (χ3n) is 3.92. The highest BCUT2D eigenvalue weighted by Gasteiger charge is 2.27. The standard InChI is InChI=1S/C17H20N2O3S/c20-9-10-22-14-7-4-8-19(11-14)17(21)15-16(23-12-18-15)13-5-2-1-3-6-13/h1-3,5-6,12,14,20H,4,7-11H2. The van der Waals surface area contributed by atoms with Gasteiger partial charge >= 0.3 is 0 Å².